The molecule has 0 saturated heterocycles. The molecule has 0 aliphatic heterocycles. The summed E-state index contributed by atoms with van der Waals surface area (Å²) in [6, 6.07) is 20.9. The molecule has 0 atom stereocenters. The summed E-state index contributed by atoms with van der Waals surface area (Å²) < 4.78 is 10.6. The number of rotatable bonds is 7. The van der Waals surface area contributed by atoms with Crippen LogP contribution >= 0.6 is 0 Å². The number of methoxy groups -OCH3 is 2. The topological polar surface area (TPSA) is 54.9 Å². The molecule has 0 aliphatic carbocycles. The fourth-order valence-corrected chi connectivity index (χ4v) is 3.12. The van der Waals surface area contributed by atoms with Crippen molar-refractivity contribution in [1.82, 2.24) is 10.6 Å². The fourth-order valence-electron chi connectivity index (χ4n) is 3.12. The van der Waals surface area contributed by atoms with E-state index in [0.29, 0.717) is 0 Å². The predicted molar refractivity (Wildman–Crippen MR) is 115 cm³/mol. The zero-order valence-corrected chi connectivity index (χ0v) is 16.7. The van der Waals surface area contributed by atoms with Crippen LogP contribution in [0.4, 0.5) is 0 Å². The van der Waals surface area contributed by atoms with Gasteiger partial charge in [-0.05, 0) is 46.5 Å². The molecule has 0 unspecified atom stereocenters. The van der Waals surface area contributed by atoms with E-state index in [4.69, 9.17) is 9.47 Å². The molecule has 3 rings (SSSR count). The van der Waals surface area contributed by atoms with Gasteiger partial charge in [-0.3, -0.25) is 4.99 Å². The van der Waals surface area contributed by atoms with Gasteiger partial charge in [-0.2, -0.15) is 0 Å². The second kappa shape index (κ2) is 9.65. The predicted octanol–water partition coefficient (Wildman–Crippen LogP) is 3.76. The summed E-state index contributed by atoms with van der Waals surface area (Å²) in [5.41, 5.74) is 2.40. The van der Waals surface area contributed by atoms with Crippen molar-refractivity contribution in [3.8, 4) is 11.5 Å². The average Bonchev–Trinajstić information content (AvgIpc) is 2.75. The first-order chi connectivity index (χ1) is 13.7. The second-order valence-corrected chi connectivity index (χ2v) is 6.47. The molecule has 0 radical (unpaired) electrons. The molecule has 0 amide bonds. The highest BCUT2D eigenvalue weighted by Crippen LogP contribution is 2.27. The third kappa shape index (κ3) is 4.94. The fraction of sp³-hybridized carbons (Fsp3) is 0.261. The molecule has 3 aromatic carbocycles. The third-order valence-corrected chi connectivity index (χ3v) is 4.65. The summed E-state index contributed by atoms with van der Waals surface area (Å²) in [4.78, 5) is 4.31. The number of benzene rings is 3. The lowest BCUT2D eigenvalue weighted by atomic mass is 10.1. The van der Waals surface area contributed by atoms with Crippen LogP contribution < -0.4 is 20.1 Å². The van der Waals surface area contributed by atoms with Crippen molar-refractivity contribution in [2.24, 2.45) is 4.99 Å². The Bertz CT molecular complexity index is 953. The van der Waals surface area contributed by atoms with E-state index in [9.17, 15) is 0 Å². The quantitative estimate of drug-likeness (QED) is 0.486. The molecule has 0 fully saturated rings. The molecular weight excluding hydrogens is 350 g/mol. The minimum Gasteiger partial charge on any atom is -0.493 e. The summed E-state index contributed by atoms with van der Waals surface area (Å²) in [5.74, 6) is 2.28. The standard InChI is InChI=1S/C23H27N3O2/c1-24-23(25-13-12-17-9-11-21(27-2)22(15-17)28-3)26-16-18-8-10-19-6-4-5-7-20(19)14-18/h4-11,14-15H,12-13,16H2,1-3H3,(H2,24,25,26). The van der Waals surface area contributed by atoms with Crippen molar-refractivity contribution in [2.75, 3.05) is 27.8 Å². The van der Waals surface area contributed by atoms with Crippen LogP contribution in [0, 0.1) is 0 Å². The molecule has 0 spiro atoms. The Balaban J connectivity index is 1.52. The van der Waals surface area contributed by atoms with Crippen molar-refractivity contribution in [3.63, 3.8) is 0 Å². The van der Waals surface area contributed by atoms with E-state index in [1.807, 2.05) is 18.2 Å². The van der Waals surface area contributed by atoms with Crippen LogP contribution in [-0.4, -0.2) is 33.8 Å². The molecule has 5 heteroatoms. The Morgan fingerprint density at radius 1 is 0.821 bits per heavy atom. The van der Waals surface area contributed by atoms with Gasteiger partial charge in [-0.1, -0.05) is 42.5 Å². The van der Waals surface area contributed by atoms with Crippen LogP contribution in [0.5, 0.6) is 11.5 Å². The number of hydrogen-bond acceptors (Lipinski definition) is 3. The SMILES string of the molecule is CN=C(NCCc1ccc(OC)c(OC)c1)NCc1ccc2ccccc2c1. The van der Waals surface area contributed by atoms with Crippen LogP contribution in [0.15, 0.2) is 65.7 Å². The Labute approximate surface area is 166 Å². The number of nitrogens with zero attached hydrogens (tertiary/aromatic N) is 1. The van der Waals surface area contributed by atoms with Gasteiger partial charge >= 0.3 is 0 Å². The lowest BCUT2D eigenvalue weighted by Gasteiger charge is -2.13. The van der Waals surface area contributed by atoms with Crippen molar-refractivity contribution >= 4 is 16.7 Å². The maximum Gasteiger partial charge on any atom is 0.191 e. The monoisotopic (exact) mass is 377 g/mol. The summed E-state index contributed by atoms with van der Waals surface area (Å²) in [6.07, 6.45) is 0.858. The van der Waals surface area contributed by atoms with Crippen molar-refractivity contribution in [3.05, 3.63) is 71.8 Å². The largest absolute Gasteiger partial charge is 0.493 e. The highest BCUT2D eigenvalue weighted by Gasteiger charge is 2.05. The first kappa shape index (κ1) is 19.5. The van der Waals surface area contributed by atoms with Gasteiger partial charge in [0.05, 0.1) is 14.2 Å². The molecule has 0 aliphatic rings. The first-order valence-corrected chi connectivity index (χ1v) is 9.36. The molecule has 0 bridgehead atoms. The lowest BCUT2D eigenvalue weighted by Crippen LogP contribution is -2.37. The van der Waals surface area contributed by atoms with E-state index in [1.165, 1.54) is 21.9 Å². The van der Waals surface area contributed by atoms with Gasteiger partial charge < -0.3 is 20.1 Å². The van der Waals surface area contributed by atoms with Crippen molar-refractivity contribution in [1.29, 1.82) is 0 Å². The lowest BCUT2D eigenvalue weighted by molar-refractivity contribution is 0.354. The van der Waals surface area contributed by atoms with E-state index < -0.39 is 0 Å². The number of ether oxygens (including phenoxy) is 2. The smallest absolute Gasteiger partial charge is 0.191 e. The Hall–Kier alpha value is -3.21. The van der Waals surface area contributed by atoms with Gasteiger partial charge in [0.2, 0.25) is 0 Å². The number of nitrogens with one attached hydrogen (secondary N) is 2. The molecule has 0 saturated carbocycles. The maximum atomic E-state index is 5.36. The van der Waals surface area contributed by atoms with E-state index >= 15 is 0 Å². The second-order valence-electron chi connectivity index (χ2n) is 6.47. The first-order valence-electron chi connectivity index (χ1n) is 9.36. The molecule has 0 heterocycles. The van der Waals surface area contributed by atoms with Gasteiger partial charge in [0.25, 0.3) is 0 Å². The molecule has 2 N–H and O–H groups in total. The minimum absolute atomic E-state index is 0.723. The average molecular weight is 377 g/mol. The van der Waals surface area contributed by atoms with Gasteiger partial charge in [0.1, 0.15) is 0 Å². The van der Waals surface area contributed by atoms with Crippen molar-refractivity contribution in [2.45, 2.75) is 13.0 Å². The molecule has 3 aromatic rings. The van der Waals surface area contributed by atoms with Crippen LogP contribution in [0.25, 0.3) is 10.8 Å². The number of guanidine groups is 1. The molecular formula is C23H27N3O2. The number of aliphatic imine (C=N–C) groups is 1. The van der Waals surface area contributed by atoms with E-state index in [2.05, 4.69) is 58.1 Å². The summed E-state index contributed by atoms with van der Waals surface area (Å²) in [7, 11) is 5.08. The Kier molecular flexibility index (Phi) is 6.73. The van der Waals surface area contributed by atoms with Crippen LogP contribution in [0.3, 0.4) is 0 Å². The zero-order chi connectivity index (χ0) is 19.8. The van der Waals surface area contributed by atoms with E-state index in [1.54, 1.807) is 21.3 Å². The molecule has 0 aromatic heterocycles. The molecule has 28 heavy (non-hydrogen) atoms. The van der Waals surface area contributed by atoms with Gasteiger partial charge in [0.15, 0.2) is 17.5 Å². The number of fused-ring (bicyclic) bond motifs is 1. The zero-order valence-electron chi connectivity index (χ0n) is 16.7. The highest BCUT2D eigenvalue weighted by molar-refractivity contribution is 5.83. The van der Waals surface area contributed by atoms with Gasteiger partial charge in [-0.25, -0.2) is 0 Å². The molecule has 5 nitrogen and oxygen atoms in total. The maximum absolute atomic E-state index is 5.36. The minimum atomic E-state index is 0.723. The van der Waals surface area contributed by atoms with Gasteiger partial charge in [-0.15, -0.1) is 0 Å². The van der Waals surface area contributed by atoms with Crippen LogP contribution in [0.2, 0.25) is 0 Å². The van der Waals surface area contributed by atoms with Crippen LogP contribution in [0.1, 0.15) is 11.1 Å². The highest BCUT2D eigenvalue weighted by atomic mass is 16.5. The van der Waals surface area contributed by atoms with E-state index in [-0.39, 0.29) is 0 Å². The summed E-state index contributed by atoms with van der Waals surface area (Å²) in [6.45, 7) is 1.49. The van der Waals surface area contributed by atoms with Crippen molar-refractivity contribution < 1.29 is 9.47 Å². The van der Waals surface area contributed by atoms with Gasteiger partial charge in [0, 0.05) is 20.1 Å². The summed E-state index contributed by atoms with van der Waals surface area (Å²) >= 11 is 0. The Morgan fingerprint density at radius 2 is 1.57 bits per heavy atom. The van der Waals surface area contributed by atoms with Crippen LogP contribution in [-0.2, 0) is 13.0 Å². The normalized spacial score (nSPS) is 11.3. The Morgan fingerprint density at radius 3 is 2.32 bits per heavy atom. The summed E-state index contributed by atoms with van der Waals surface area (Å²) in [5, 5.41) is 9.23. The molecule has 146 valence electrons. The van der Waals surface area contributed by atoms with E-state index in [0.717, 1.165) is 37.0 Å². The third-order valence-electron chi connectivity index (χ3n) is 4.65. The number of hydrogen-bond donors (Lipinski definition) is 2.